The van der Waals surface area contributed by atoms with Crippen LogP contribution in [0.3, 0.4) is 0 Å². The molecule has 0 aromatic carbocycles. The highest BCUT2D eigenvalue weighted by Crippen LogP contribution is 2.22. The van der Waals surface area contributed by atoms with Crippen LogP contribution >= 0.6 is 0 Å². The molecule has 0 bridgehead atoms. The van der Waals surface area contributed by atoms with Crippen LogP contribution in [0.4, 0.5) is 0 Å². The van der Waals surface area contributed by atoms with E-state index in [4.69, 9.17) is 0 Å². The van der Waals surface area contributed by atoms with Crippen molar-refractivity contribution >= 4 is 0 Å². The Labute approximate surface area is 93.1 Å². The number of aryl methyl sites for hydroxylation is 1. The predicted molar refractivity (Wildman–Crippen MR) is 64.8 cm³/mol. The van der Waals surface area contributed by atoms with Crippen LogP contribution in [0.15, 0.2) is 18.3 Å². The first-order valence-corrected chi connectivity index (χ1v) is 5.85. The van der Waals surface area contributed by atoms with Gasteiger partial charge in [0.05, 0.1) is 11.7 Å². The summed E-state index contributed by atoms with van der Waals surface area (Å²) in [5.74, 6) is 0.624. The zero-order chi connectivity index (χ0) is 11.3. The van der Waals surface area contributed by atoms with Gasteiger partial charge in [-0.1, -0.05) is 27.2 Å². The molecule has 0 amide bonds. The smallest absolute Gasteiger partial charge is 0.0578 e. The number of nitrogens with zero attached hydrogens (tertiary/aromatic N) is 1. The van der Waals surface area contributed by atoms with Crippen LogP contribution in [-0.4, -0.2) is 11.5 Å². The molecule has 1 rings (SSSR count). The lowest BCUT2D eigenvalue weighted by atomic mass is 9.95. The van der Waals surface area contributed by atoms with E-state index in [-0.39, 0.29) is 0 Å². The molecule has 0 saturated carbocycles. The van der Waals surface area contributed by atoms with Gasteiger partial charge in [-0.15, -0.1) is 0 Å². The van der Waals surface area contributed by atoms with Crippen LogP contribution in [0.2, 0.25) is 0 Å². The number of nitrogens with one attached hydrogen (secondary N) is 1. The minimum absolute atomic E-state index is 0.389. The van der Waals surface area contributed by atoms with Gasteiger partial charge in [0.25, 0.3) is 0 Å². The van der Waals surface area contributed by atoms with E-state index in [0.29, 0.717) is 12.0 Å². The summed E-state index contributed by atoms with van der Waals surface area (Å²) >= 11 is 0. The third-order valence-electron chi connectivity index (χ3n) is 2.89. The van der Waals surface area contributed by atoms with Crippen molar-refractivity contribution in [1.29, 1.82) is 0 Å². The van der Waals surface area contributed by atoms with Gasteiger partial charge in [0.1, 0.15) is 0 Å². The zero-order valence-corrected chi connectivity index (χ0v) is 10.2. The topological polar surface area (TPSA) is 24.9 Å². The van der Waals surface area contributed by atoms with Crippen molar-refractivity contribution in [3.05, 3.63) is 29.6 Å². The lowest BCUT2D eigenvalue weighted by molar-refractivity contribution is 0.376. The van der Waals surface area contributed by atoms with Gasteiger partial charge in [0.2, 0.25) is 0 Å². The van der Waals surface area contributed by atoms with Crippen LogP contribution in [0.5, 0.6) is 0 Å². The third kappa shape index (κ3) is 3.31. The molecular weight excluding hydrogens is 184 g/mol. The molecule has 1 aromatic heterocycles. The van der Waals surface area contributed by atoms with Crippen LogP contribution in [-0.2, 0) is 0 Å². The van der Waals surface area contributed by atoms with Crippen molar-refractivity contribution in [3.63, 3.8) is 0 Å². The lowest BCUT2D eigenvalue weighted by Gasteiger charge is -2.23. The standard InChI is InChI=1S/C13H22N2/c1-5-11(4)13(14-6-2)12-9-10(3)7-8-15-12/h7-9,11,13-14H,5-6H2,1-4H3. The lowest BCUT2D eigenvalue weighted by Crippen LogP contribution is -2.27. The van der Waals surface area contributed by atoms with Crippen molar-refractivity contribution in [3.8, 4) is 0 Å². The highest BCUT2D eigenvalue weighted by atomic mass is 14.9. The normalized spacial score (nSPS) is 14.9. The second-order valence-electron chi connectivity index (χ2n) is 4.18. The second-order valence-corrected chi connectivity index (χ2v) is 4.18. The van der Waals surface area contributed by atoms with E-state index in [1.54, 1.807) is 0 Å². The fraction of sp³-hybridized carbons (Fsp3) is 0.615. The molecule has 1 heterocycles. The van der Waals surface area contributed by atoms with Gasteiger partial charge in [-0.2, -0.15) is 0 Å². The summed E-state index contributed by atoms with van der Waals surface area (Å²) in [6, 6.07) is 4.61. The fourth-order valence-corrected chi connectivity index (χ4v) is 1.78. The van der Waals surface area contributed by atoms with E-state index in [0.717, 1.165) is 6.54 Å². The second kappa shape index (κ2) is 5.86. The van der Waals surface area contributed by atoms with Crippen LogP contribution in [0.25, 0.3) is 0 Å². The molecule has 2 nitrogen and oxygen atoms in total. The van der Waals surface area contributed by atoms with Crippen molar-refractivity contribution < 1.29 is 0 Å². The van der Waals surface area contributed by atoms with E-state index < -0.39 is 0 Å². The molecule has 2 atom stereocenters. The van der Waals surface area contributed by atoms with Crippen molar-refractivity contribution in [1.82, 2.24) is 10.3 Å². The number of hydrogen-bond acceptors (Lipinski definition) is 2. The molecule has 2 unspecified atom stereocenters. The fourth-order valence-electron chi connectivity index (χ4n) is 1.78. The average Bonchev–Trinajstić information content (AvgIpc) is 2.25. The molecule has 2 heteroatoms. The Morgan fingerprint density at radius 2 is 2.13 bits per heavy atom. The van der Waals surface area contributed by atoms with Gasteiger partial charge >= 0.3 is 0 Å². The molecule has 1 aromatic rings. The monoisotopic (exact) mass is 206 g/mol. The summed E-state index contributed by atoms with van der Waals surface area (Å²) in [7, 11) is 0. The molecule has 0 aliphatic rings. The maximum Gasteiger partial charge on any atom is 0.0578 e. The van der Waals surface area contributed by atoms with E-state index >= 15 is 0 Å². The first-order valence-electron chi connectivity index (χ1n) is 5.85. The first-order chi connectivity index (χ1) is 7.19. The molecule has 0 fully saturated rings. The molecule has 0 radical (unpaired) electrons. The summed E-state index contributed by atoms with van der Waals surface area (Å²) in [4.78, 5) is 4.47. The van der Waals surface area contributed by atoms with Gasteiger partial charge < -0.3 is 5.32 Å². The van der Waals surface area contributed by atoms with E-state index in [1.807, 2.05) is 12.3 Å². The highest BCUT2D eigenvalue weighted by molar-refractivity contribution is 5.17. The predicted octanol–water partition coefficient (Wildman–Crippen LogP) is 3.09. The largest absolute Gasteiger partial charge is 0.309 e. The summed E-state index contributed by atoms with van der Waals surface area (Å²) < 4.78 is 0. The summed E-state index contributed by atoms with van der Waals surface area (Å²) in [6.45, 7) is 9.75. The van der Waals surface area contributed by atoms with E-state index in [2.05, 4.69) is 44.1 Å². The Kier molecular flexibility index (Phi) is 4.76. The maximum absolute atomic E-state index is 4.47. The van der Waals surface area contributed by atoms with E-state index in [9.17, 15) is 0 Å². The highest BCUT2D eigenvalue weighted by Gasteiger charge is 2.17. The molecular formula is C13H22N2. The molecule has 0 aliphatic heterocycles. The van der Waals surface area contributed by atoms with Gasteiger partial charge in [0.15, 0.2) is 0 Å². The number of pyridine rings is 1. The summed E-state index contributed by atoms with van der Waals surface area (Å²) in [6.07, 6.45) is 3.07. The quantitative estimate of drug-likeness (QED) is 0.800. The Morgan fingerprint density at radius 1 is 1.40 bits per heavy atom. The first kappa shape index (κ1) is 12.2. The van der Waals surface area contributed by atoms with Crippen LogP contribution in [0, 0.1) is 12.8 Å². The summed E-state index contributed by atoms with van der Waals surface area (Å²) in [5.41, 5.74) is 2.46. The van der Waals surface area contributed by atoms with Gasteiger partial charge in [0, 0.05) is 6.20 Å². The molecule has 84 valence electrons. The molecule has 0 aliphatic carbocycles. The molecule has 0 spiro atoms. The maximum atomic E-state index is 4.47. The molecule has 0 saturated heterocycles. The van der Waals surface area contributed by atoms with Gasteiger partial charge in [-0.05, 0) is 37.1 Å². The Morgan fingerprint density at radius 3 is 2.67 bits per heavy atom. The van der Waals surface area contributed by atoms with Gasteiger partial charge in [-0.25, -0.2) is 0 Å². The number of hydrogen-bond donors (Lipinski definition) is 1. The Bertz CT molecular complexity index is 296. The van der Waals surface area contributed by atoms with E-state index in [1.165, 1.54) is 17.7 Å². The van der Waals surface area contributed by atoms with Crippen molar-refractivity contribution in [2.45, 2.75) is 40.2 Å². The minimum Gasteiger partial charge on any atom is -0.309 e. The minimum atomic E-state index is 0.389. The zero-order valence-electron chi connectivity index (χ0n) is 10.2. The number of aromatic nitrogens is 1. The Hall–Kier alpha value is -0.890. The average molecular weight is 206 g/mol. The molecule has 1 N–H and O–H groups in total. The van der Waals surface area contributed by atoms with Gasteiger partial charge in [-0.3, -0.25) is 4.98 Å². The Balaban J connectivity index is 2.88. The third-order valence-corrected chi connectivity index (χ3v) is 2.89. The number of rotatable bonds is 5. The molecule has 15 heavy (non-hydrogen) atoms. The van der Waals surface area contributed by atoms with Crippen LogP contribution in [0.1, 0.15) is 44.5 Å². The van der Waals surface area contributed by atoms with Crippen molar-refractivity contribution in [2.75, 3.05) is 6.54 Å². The SMILES string of the molecule is CCNC(c1cc(C)ccn1)C(C)CC. The van der Waals surface area contributed by atoms with Crippen molar-refractivity contribution in [2.24, 2.45) is 5.92 Å². The summed E-state index contributed by atoms with van der Waals surface area (Å²) in [5, 5.41) is 3.51. The van der Waals surface area contributed by atoms with Crippen LogP contribution < -0.4 is 5.32 Å².